The van der Waals surface area contributed by atoms with Gasteiger partial charge >= 0.3 is 5.97 Å². The first kappa shape index (κ1) is 27.9. The topological polar surface area (TPSA) is 92.0 Å². The molecule has 0 fully saturated rings. The zero-order valence-corrected chi connectivity index (χ0v) is 23.3. The second-order valence-electron chi connectivity index (χ2n) is 9.15. The van der Waals surface area contributed by atoms with Crippen molar-refractivity contribution in [3.8, 4) is 22.9 Å². The Bertz CT molecular complexity index is 1610. The maximum absolute atomic E-state index is 13.7. The van der Waals surface area contributed by atoms with Gasteiger partial charge in [0.25, 0.3) is 5.56 Å². The highest BCUT2D eigenvalue weighted by Crippen LogP contribution is 2.34. The largest absolute Gasteiger partial charge is 0.494 e. The summed E-state index contributed by atoms with van der Waals surface area (Å²) in [6.45, 7) is 8.33. The van der Waals surface area contributed by atoms with Gasteiger partial charge in [0.05, 0.1) is 30.8 Å². The first-order valence-corrected chi connectivity index (χ1v) is 12.9. The normalized spacial score (nSPS) is 11.4. The van der Waals surface area contributed by atoms with E-state index >= 15 is 0 Å². The number of ether oxygens (including phenoxy) is 3. The summed E-state index contributed by atoms with van der Waals surface area (Å²) in [5, 5.41) is 5.43. The molecule has 4 rings (SSSR count). The van der Waals surface area contributed by atoms with E-state index in [0.29, 0.717) is 39.7 Å². The van der Waals surface area contributed by atoms with Gasteiger partial charge in [-0.1, -0.05) is 37.6 Å². The summed E-state index contributed by atoms with van der Waals surface area (Å²) in [6.07, 6.45) is 1.47. The van der Waals surface area contributed by atoms with Gasteiger partial charge in [0.2, 0.25) is 0 Å². The van der Waals surface area contributed by atoms with E-state index in [2.05, 4.69) is 23.7 Å². The lowest BCUT2D eigenvalue weighted by atomic mass is 9.96. The molecule has 4 aromatic rings. The van der Waals surface area contributed by atoms with Crippen molar-refractivity contribution in [2.75, 3.05) is 20.3 Å². The van der Waals surface area contributed by atoms with Crippen molar-refractivity contribution in [3.05, 3.63) is 86.7 Å². The Kier molecular flexibility index (Phi) is 8.66. The third kappa shape index (κ3) is 6.12. The number of halogens is 1. The minimum Gasteiger partial charge on any atom is -0.494 e. The number of aromatic nitrogens is 2. The van der Waals surface area contributed by atoms with Crippen molar-refractivity contribution in [2.45, 2.75) is 33.6 Å². The fourth-order valence-electron chi connectivity index (χ4n) is 4.14. The Balaban J connectivity index is 1.91. The van der Waals surface area contributed by atoms with Crippen LogP contribution in [0, 0.1) is 6.92 Å². The Labute approximate surface area is 231 Å². The number of hydrogen-bond acceptors (Lipinski definition) is 7. The van der Waals surface area contributed by atoms with Crippen LogP contribution in [0.4, 0.5) is 0 Å². The molecule has 1 aromatic heterocycles. The molecule has 9 heteroatoms. The van der Waals surface area contributed by atoms with Crippen LogP contribution >= 0.6 is 11.6 Å². The van der Waals surface area contributed by atoms with Gasteiger partial charge in [0.15, 0.2) is 12.4 Å². The molecule has 0 aliphatic rings. The molecule has 0 aliphatic carbocycles. The van der Waals surface area contributed by atoms with E-state index in [4.69, 9.17) is 26.1 Å². The molecule has 39 heavy (non-hydrogen) atoms. The third-order valence-electron chi connectivity index (χ3n) is 6.13. The lowest BCUT2D eigenvalue weighted by Crippen LogP contribution is -2.21. The highest BCUT2D eigenvalue weighted by atomic mass is 35.5. The van der Waals surface area contributed by atoms with Crippen molar-refractivity contribution < 1.29 is 19.0 Å². The number of aryl methyl sites for hydroxylation is 1. The molecule has 0 radical (unpaired) electrons. The molecule has 0 saturated carbocycles. The molecule has 3 aromatic carbocycles. The third-order valence-corrected chi connectivity index (χ3v) is 6.37. The van der Waals surface area contributed by atoms with Gasteiger partial charge < -0.3 is 14.2 Å². The number of hydrogen-bond donors (Lipinski definition) is 0. The predicted molar refractivity (Wildman–Crippen MR) is 153 cm³/mol. The smallest absolute Gasteiger partial charge is 0.343 e. The van der Waals surface area contributed by atoms with Gasteiger partial charge in [-0.05, 0) is 73.4 Å². The monoisotopic (exact) mass is 547 g/mol. The first-order chi connectivity index (χ1) is 18.7. The summed E-state index contributed by atoms with van der Waals surface area (Å²) in [5.41, 5.74) is 3.36. The first-order valence-electron chi connectivity index (χ1n) is 12.6. The Morgan fingerprint density at radius 2 is 1.87 bits per heavy atom. The van der Waals surface area contributed by atoms with Crippen LogP contribution in [0.25, 0.3) is 22.3 Å². The average molecular weight is 548 g/mol. The van der Waals surface area contributed by atoms with Crippen LogP contribution in [0.5, 0.6) is 11.5 Å². The SMILES string of the molecule is CCOc1cc(C)c(-c2nc3ccccc3c(=O)n2N=Cc2cc(Cl)ccc2OCC(=O)OC)cc1C(C)C. The standard InChI is InChI=1S/C30H30ClN3O5/c1-6-38-27-13-19(4)24(15-23(27)18(2)3)29-33-25-10-8-7-9-22(25)30(36)34(29)32-16-20-14-21(31)11-12-26(20)39-17-28(35)37-5/h7-16,18H,6,17H2,1-5H3. The summed E-state index contributed by atoms with van der Waals surface area (Å²) in [4.78, 5) is 30.2. The van der Waals surface area contributed by atoms with Crippen LogP contribution in [0.1, 0.15) is 43.4 Å². The number of fused-ring (bicyclic) bond motifs is 1. The van der Waals surface area contributed by atoms with Gasteiger partial charge in [-0.2, -0.15) is 9.78 Å². The Hall–Kier alpha value is -4.17. The molecule has 0 N–H and O–H groups in total. The highest BCUT2D eigenvalue weighted by Gasteiger charge is 2.19. The zero-order valence-electron chi connectivity index (χ0n) is 22.5. The predicted octanol–water partition coefficient (Wildman–Crippen LogP) is 5.98. The molecular formula is C30H30ClN3O5. The fraction of sp³-hybridized carbons (Fsp3) is 0.267. The van der Waals surface area contributed by atoms with Crippen molar-refractivity contribution in [2.24, 2.45) is 5.10 Å². The van der Waals surface area contributed by atoms with E-state index in [1.165, 1.54) is 18.0 Å². The summed E-state index contributed by atoms with van der Waals surface area (Å²) < 4.78 is 17.4. The average Bonchev–Trinajstić information content (AvgIpc) is 2.92. The minimum atomic E-state index is -0.531. The lowest BCUT2D eigenvalue weighted by molar-refractivity contribution is -0.142. The summed E-state index contributed by atoms with van der Waals surface area (Å²) in [5.74, 6) is 1.19. The maximum atomic E-state index is 13.7. The number of carbonyl (C=O) groups excluding carboxylic acids is 1. The van der Waals surface area contributed by atoms with E-state index in [9.17, 15) is 9.59 Å². The number of esters is 1. The Morgan fingerprint density at radius 3 is 2.59 bits per heavy atom. The minimum absolute atomic E-state index is 0.177. The summed E-state index contributed by atoms with van der Waals surface area (Å²) in [6, 6.07) is 16.0. The molecule has 0 saturated heterocycles. The lowest BCUT2D eigenvalue weighted by Gasteiger charge is -2.18. The molecule has 202 valence electrons. The highest BCUT2D eigenvalue weighted by molar-refractivity contribution is 6.30. The van der Waals surface area contributed by atoms with Crippen LogP contribution in [0.3, 0.4) is 0 Å². The second-order valence-corrected chi connectivity index (χ2v) is 9.59. The fourth-order valence-corrected chi connectivity index (χ4v) is 4.32. The van der Waals surface area contributed by atoms with Crippen LogP contribution in [0.15, 0.2) is 64.5 Å². The maximum Gasteiger partial charge on any atom is 0.343 e. The van der Waals surface area contributed by atoms with E-state index in [1.54, 1.807) is 36.4 Å². The van der Waals surface area contributed by atoms with Gasteiger partial charge in [-0.15, -0.1) is 0 Å². The number of para-hydroxylation sites is 1. The summed E-state index contributed by atoms with van der Waals surface area (Å²) >= 11 is 6.23. The molecule has 0 atom stereocenters. The van der Waals surface area contributed by atoms with Crippen LogP contribution in [-0.2, 0) is 9.53 Å². The molecule has 1 heterocycles. The van der Waals surface area contributed by atoms with Gasteiger partial charge in [0, 0.05) is 16.1 Å². The Morgan fingerprint density at radius 1 is 1.10 bits per heavy atom. The molecule has 8 nitrogen and oxygen atoms in total. The van der Waals surface area contributed by atoms with E-state index in [1.807, 2.05) is 32.0 Å². The number of rotatable bonds is 9. The molecule has 0 amide bonds. The van der Waals surface area contributed by atoms with Crippen LogP contribution in [0.2, 0.25) is 5.02 Å². The van der Waals surface area contributed by atoms with Gasteiger partial charge in [-0.25, -0.2) is 9.78 Å². The van der Waals surface area contributed by atoms with Crippen LogP contribution in [-0.4, -0.2) is 42.2 Å². The van der Waals surface area contributed by atoms with Crippen molar-refractivity contribution in [3.63, 3.8) is 0 Å². The quantitative estimate of drug-likeness (QED) is 0.189. The number of nitrogens with zero attached hydrogens (tertiary/aromatic N) is 3. The molecular weight excluding hydrogens is 518 g/mol. The zero-order chi connectivity index (χ0) is 28.1. The molecule has 0 aliphatic heterocycles. The van der Waals surface area contributed by atoms with E-state index < -0.39 is 5.97 Å². The van der Waals surface area contributed by atoms with Crippen molar-refractivity contribution in [1.82, 2.24) is 9.66 Å². The number of benzene rings is 3. The second kappa shape index (κ2) is 12.1. The van der Waals surface area contributed by atoms with Crippen molar-refractivity contribution in [1.29, 1.82) is 0 Å². The molecule has 0 bridgehead atoms. The van der Waals surface area contributed by atoms with Crippen molar-refractivity contribution >= 4 is 34.7 Å². The number of methoxy groups -OCH3 is 1. The van der Waals surface area contributed by atoms with E-state index in [0.717, 1.165) is 22.4 Å². The number of carbonyl (C=O) groups is 1. The van der Waals surface area contributed by atoms with Gasteiger partial charge in [-0.3, -0.25) is 4.79 Å². The van der Waals surface area contributed by atoms with E-state index in [-0.39, 0.29) is 18.1 Å². The van der Waals surface area contributed by atoms with Crippen LogP contribution < -0.4 is 15.0 Å². The molecule has 0 unspecified atom stereocenters. The summed E-state index contributed by atoms with van der Waals surface area (Å²) in [7, 11) is 1.28. The van der Waals surface area contributed by atoms with Gasteiger partial charge in [0.1, 0.15) is 11.5 Å². The molecule has 0 spiro atoms.